The van der Waals surface area contributed by atoms with Crippen molar-refractivity contribution < 1.29 is 9.90 Å². The molecular formula is C13H24N2O2. The highest BCUT2D eigenvalue weighted by molar-refractivity contribution is 5.67. The average Bonchev–Trinajstić information content (AvgIpc) is 2.71. The van der Waals surface area contributed by atoms with Crippen LogP contribution in [0.5, 0.6) is 0 Å². The van der Waals surface area contributed by atoms with Crippen LogP contribution >= 0.6 is 0 Å². The van der Waals surface area contributed by atoms with E-state index in [1.54, 1.807) is 0 Å². The summed E-state index contributed by atoms with van der Waals surface area (Å²) in [7, 11) is 0. The third-order valence-corrected chi connectivity index (χ3v) is 4.21. The van der Waals surface area contributed by atoms with Crippen molar-refractivity contribution in [2.45, 2.75) is 63.6 Å². The monoisotopic (exact) mass is 240 g/mol. The van der Waals surface area contributed by atoms with Crippen LogP contribution in [-0.4, -0.2) is 47.2 Å². The maximum Gasteiger partial charge on any atom is 0.304 e. The molecule has 2 N–H and O–H groups in total. The zero-order valence-electron chi connectivity index (χ0n) is 10.7. The Kier molecular flexibility index (Phi) is 4.40. The van der Waals surface area contributed by atoms with E-state index in [4.69, 9.17) is 5.11 Å². The van der Waals surface area contributed by atoms with E-state index >= 15 is 0 Å². The molecule has 0 aromatic rings. The van der Waals surface area contributed by atoms with Crippen LogP contribution in [0.2, 0.25) is 0 Å². The second kappa shape index (κ2) is 5.83. The highest BCUT2D eigenvalue weighted by Crippen LogP contribution is 2.29. The Balaban J connectivity index is 2.09. The van der Waals surface area contributed by atoms with Gasteiger partial charge in [-0.3, -0.25) is 9.69 Å². The van der Waals surface area contributed by atoms with E-state index in [0.717, 1.165) is 19.5 Å². The minimum absolute atomic E-state index is 0.174. The quantitative estimate of drug-likeness (QED) is 0.784. The normalized spacial score (nSPS) is 32.5. The van der Waals surface area contributed by atoms with Crippen LogP contribution in [0.4, 0.5) is 0 Å². The lowest BCUT2D eigenvalue weighted by Crippen LogP contribution is -2.49. The summed E-state index contributed by atoms with van der Waals surface area (Å²) in [6.07, 6.45) is 6.52. The molecule has 98 valence electrons. The molecule has 17 heavy (non-hydrogen) atoms. The van der Waals surface area contributed by atoms with Crippen molar-refractivity contribution >= 4 is 5.97 Å². The summed E-state index contributed by atoms with van der Waals surface area (Å²) in [4.78, 5) is 13.5. The molecule has 1 aliphatic heterocycles. The van der Waals surface area contributed by atoms with E-state index in [2.05, 4.69) is 17.1 Å². The molecule has 1 aliphatic carbocycles. The molecule has 0 bridgehead atoms. The molecule has 2 atom stereocenters. The van der Waals surface area contributed by atoms with Crippen molar-refractivity contribution in [2.24, 2.45) is 0 Å². The molecule has 1 heterocycles. The number of aliphatic carboxylic acids is 1. The number of nitrogens with one attached hydrogen (secondary N) is 1. The summed E-state index contributed by atoms with van der Waals surface area (Å²) < 4.78 is 0. The van der Waals surface area contributed by atoms with Gasteiger partial charge in [0.15, 0.2) is 0 Å². The number of carboxylic acids is 1. The second-order valence-electron chi connectivity index (χ2n) is 5.48. The summed E-state index contributed by atoms with van der Waals surface area (Å²) in [6.45, 7) is 4.09. The topological polar surface area (TPSA) is 52.6 Å². The van der Waals surface area contributed by atoms with Crippen LogP contribution in [0.15, 0.2) is 0 Å². The highest BCUT2D eigenvalue weighted by atomic mass is 16.4. The zero-order chi connectivity index (χ0) is 12.3. The largest absolute Gasteiger partial charge is 0.481 e. The van der Waals surface area contributed by atoms with Crippen molar-refractivity contribution in [1.82, 2.24) is 10.2 Å². The molecule has 1 saturated carbocycles. The SMILES string of the molecule is CC1CCNCC(CC(=O)O)N1C1CCCC1. The van der Waals surface area contributed by atoms with Crippen LogP contribution in [0.3, 0.4) is 0 Å². The Bertz CT molecular complexity index is 264. The van der Waals surface area contributed by atoms with Crippen LogP contribution < -0.4 is 5.32 Å². The van der Waals surface area contributed by atoms with Gasteiger partial charge in [-0.25, -0.2) is 0 Å². The van der Waals surface area contributed by atoms with Crippen LogP contribution in [-0.2, 0) is 4.79 Å². The molecule has 2 fully saturated rings. The van der Waals surface area contributed by atoms with Crippen molar-refractivity contribution in [2.75, 3.05) is 13.1 Å². The third kappa shape index (κ3) is 3.19. The first-order valence-electron chi connectivity index (χ1n) is 6.88. The van der Waals surface area contributed by atoms with Gasteiger partial charge in [0.2, 0.25) is 0 Å². The number of carboxylic acid groups (broad SMARTS) is 1. The predicted octanol–water partition coefficient (Wildman–Crippen LogP) is 1.46. The molecule has 0 spiro atoms. The lowest BCUT2D eigenvalue weighted by molar-refractivity contribution is -0.138. The maximum absolute atomic E-state index is 11.0. The molecule has 0 radical (unpaired) electrons. The Morgan fingerprint density at radius 1 is 1.35 bits per heavy atom. The van der Waals surface area contributed by atoms with E-state index in [1.165, 1.54) is 25.7 Å². The van der Waals surface area contributed by atoms with Gasteiger partial charge in [0.05, 0.1) is 6.42 Å². The third-order valence-electron chi connectivity index (χ3n) is 4.21. The molecule has 2 rings (SSSR count). The molecule has 2 unspecified atom stereocenters. The average molecular weight is 240 g/mol. The highest BCUT2D eigenvalue weighted by Gasteiger charge is 2.34. The fraction of sp³-hybridized carbons (Fsp3) is 0.923. The minimum Gasteiger partial charge on any atom is -0.481 e. The summed E-state index contributed by atoms with van der Waals surface area (Å²) >= 11 is 0. The number of nitrogens with zero attached hydrogens (tertiary/aromatic N) is 1. The first-order chi connectivity index (χ1) is 8.18. The Morgan fingerprint density at radius 2 is 2.06 bits per heavy atom. The van der Waals surface area contributed by atoms with Crippen LogP contribution in [0.25, 0.3) is 0 Å². The minimum atomic E-state index is -0.672. The Morgan fingerprint density at radius 3 is 2.71 bits per heavy atom. The molecule has 4 heteroatoms. The molecular weight excluding hydrogens is 216 g/mol. The van der Waals surface area contributed by atoms with Gasteiger partial charge >= 0.3 is 5.97 Å². The summed E-state index contributed by atoms with van der Waals surface area (Å²) in [5.74, 6) is -0.672. The standard InChI is InChI=1S/C13H24N2O2/c1-10-6-7-14-9-12(8-13(16)17)15(10)11-4-2-3-5-11/h10-12,14H,2-9H2,1H3,(H,16,17). The van der Waals surface area contributed by atoms with E-state index in [1.807, 2.05) is 0 Å². The summed E-state index contributed by atoms with van der Waals surface area (Å²) in [5, 5.41) is 12.4. The smallest absolute Gasteiger partial charge is 0.304 e. The van der Waals surface area contributed by atoms with Gasteiger partial charge < -0.3 is 10.4 Å². The van der Waals surface area contributed by atoms with Crippen molar-refractivity contribution in [3.8, 4) is 0 Å². The fourth-order valence-corrected chi connectivity index (χ4v) is 3.43. The molecule has 0 aromatic carbocycles. The molecule has 0 amide bonds. The van der Waals surface area contributed by atoms with Crippen LogP contribution in [0.1, 0.15) is 45.4 Å². The van der Waals surface area contributed by atoms with Gasteiger partial charge in [0.25, 0.3) is 0 Å². The Labute approximate surface area is 103 Å². The van der Waals surface area contributed by atoms with E-state index in [9.17, 15) is 4.79 Å². The van der Waals surface area contributed by atoms with Gasteiger partial charge in [-0.15, -0.1) is 0 Å². The number of hydrogen-bond donors (Lipinski definition) is 2. The zero-order valence-corrected chi connectivity index (χ0v) is 10.7. The maximum atomic E-state index is 11.0. The van der Waals surface area contributed by atoms with Gasteiger partial charge in [-0.2, -0.15) is 0 Å². The summed E-state index contributed by atoms with van der Waals surface area (Å²) in [5.41, 5.74) is 0. The number of hydrogen-bond acceptors (Lipinski definition) is 3. The van der Waals surface area contributed by atoms with Crippen LogP contribution in [0, 0.1) is 0 Å². The van der Waals surface area contributed by atoms with E-state index in [0.29, 0.717) is 12.1 Å². The Hall–Kier alpha value is -0.610. The predicted molar refractivity (Wildman–Crippen MR) is 67.1 cm³/mol. The molecule has 4 nitrogen and oxygen atoms in total. The summed E-state index contributed by atoms with van der Waals surface area (Å²) in [6, 6.07) is 1.31. The molecule has 2 aliphatic rings. The molecule has 0 aromatic heterocycles. The number of carbonyl (C=O) groups is 1. The molecule has 1 saturated heterocycles. The first kappa shape index (κ1) is 12.8. The lowest BCUT2D eigenvalue weighted by atomic mass is 10.0. The second-order valence-corrected chi connectivity index (χ2v) is 5.48. The van der Waals surface area contributed by atoms with Crippen molar-refractivity contribution in [3.63, 3.8) is 0 Å². The van der Waals surface area contributed by atoms with Crippen molar-refractivity contribution in [3.05, 3.63) is 0 Å². The van der Waals surface area contributed by atoms with Gasteiger partial charge in [-0.1, -0.05) is 12.8 Å². The van der Waals surface area contributed by atoms with E-state index < -0.39 is 5.97 Å². The van der Waals surface area contributed by atoms with Gasteiger partial charge in [0, 0.05) is 24.7 Å². The fourth-order valence-electron chi connectivity index (χ4n) is 3.43. The van der Waals surface area contributed by atoms with Gasteiger partial charge in [0.1, 0.15) is 0 Å². The van der Waals surface area contributed by atoms with Gasteiger partial charge in [-0.05, 0) is 32.7 Å². The number of rotatable bonds is 3. The van der Waals surface area contributed by atoms with E-state index in [-0.39, 0.29) is 12.5 Å². The van der Waals surface area contributed by atoms with Crippen molar-refractivity contribution in [1.29, 1.82) is 0 Å². The lowest BCUT2D eigenvalue weighted by Gasteiger charge is -2.38. The first-order valence-corrected chi connectivity index (χ1v) is 6.88.